The van der Waals surface area contributed by atoms with Gasteiger partial charge in [-0.1, -0.05) is 11.3 Å². The van der Waals surface area contributed by atoms with Crippen LogP contribution in [0.25, 0.3) is 10.2 Å². The summed E-state index contributed by atoms with van der Waals surface area (Å²) in [6.07, 6.45) is 0. The van der Waals surface area contributed by atoms with Crippen molar-refractivity contribution in [3.63, 3.8) is 0 Å². The molecule has 0 N–H and O–H groups in total. The fourth-order valence-electron chi connectivity index (χ4n) is 2.57. The SMILES string of the molecule is CCn1c(=NC(=O)c2ccc(Br)o2)sc2cc3c(cc21)OCCO3. The van der Waals surface area contributed by atoms with E-state index in [-0.39, 0.29) is 5.76 Å². The fourth-order valence-corrected chi connectivity index (χ4v) is 3.98. The second-order valence-electron chi connectivity index (χ2n) is 5.11. The first-order valence-corrected chi connectivity index (χ1v) is 9.04. The van der Waals surface area contributed by atoms with Gasteiger partial charge in [0.25, 0.3) is 0 Å². The average Bonchev–Trinajstić information content (AvgIpc) is 3.15. The van der Waals surface area contributed by atoms with Crippen LogP contribution in [-0.4, -0.2) is 23.7 Å². The van der Waals surface area contributed by atoms with E-state index in [0.717, 1.165) is 21.7 Å². The lowest BCUT2D eigenvalue weighted by atomic mass is 10.2. The highest BCUT2D eigenvalue weighted by molar-refractivity contribution is 9.10. The summed E-state index contributed by atoms with van der Waals surface area (Å²) in [5.41, 5.74) is 0.971. The highest BCUT2D eigenvalue weighted by Gasteiger charge is 2.17. The lowest BCUT2D eigenvalue weighted by Crippen LogP contribution is -2.17. The molecule has 0 spiro atoms. The van der Waals surface area contributed by atoms with Crippen molar-refractivity contribution in [2.45, 2.75) is 13.5 Å². The number of aromatic nitrogens is 1. The third kappa shape index (κ3) is 2.65. The standard InChI is InChI=1S/C16H13BrN2O4S/c1-2-19-9-7-11-12(22-6-5-21-11)8-13(9)24-16(19)18-15(20)10-3-4-14(17)23-10/h3-4,7-8H,2,5-6H2,1H3. The Balaban J connectivity index is 1.85. The molecule has 0 atom stereocenters. The van der Waals surface area contributed by atoms with Crippen LogP contribution in [-0.2, 0) is 6.54 Å². The summed E-state index contributed by atoms with van der Waals surface area (Å²) in [7, 11) is 0. The van der Waals surface area contributed by atoms with Crippen LogP contribution in [0.4, 0.5) is 0 Å². The van der Waals surface area contributed by atoms with Gasteiger partial charge in [-0.25, -0.2) is 0 Å². The zero-order valence-corrected chi connectivity index (χ0v) is 15.1. The lowest BCUT2D eigenvalue weighted by molar-refractivity contribution is 0.0970. The van der Waals surface area contributed by atoms with Crippen LogP contribution in [0, 0.1) is 0 Å². The maximum absolute atomic E-state index is 12.3. The number of fused-ring (bicyclic) bond motifs is 2. The van der Waals surface area contributed by atoms with Crippen LogP contribution in [0.1, 0.15) is 17.5 Å². The van der Waals surface area contributed by atoms with Crippen LogP contribution in [0.2, 0.25) is 0 Å². The van der Waals surface area contributed by atoms with Crippen LogP contribution < -0.4 is 14.3 Å². The summed E-state index contributed by atoms with van der Waals surface area (Å²) in [4.78, 5) is 17.1. The Bertz CT molecular complexity index is 1000. The molecule has 8 heteroatoms. The molecule has 0 unspecified atom stereocenters. The first-order valence-electron chi connectivity index (χ1n) is 7.43. The van der Waals surface area contributed by atoms with Gasteiger partial charge < -0.3 is 18.5 Å². The van der Waals surface area contributed by atoms with Gasteiger partial charge in [0.2, 0.25) is 0 Å². The Morgan fingerprint density at radius 2 is 2.04 bits per heavy atom. The summed E-state index contributed by atoms with van der Waals surface area (Å²) in [5, 5.41) is 0. The normalized spacial score (nSPS) is 14.3. The van der Waals surface area contributed by atoms with E-state index in [1.54, 1.807) is 12.1 Å². The number of carbonyl (C=O) groups excluding carboxylic acids is 1. The summed E-state index contributed by atoms with van der Waals surface area (Å²) in [6, 6.07) is 7.15. The molecule has 1 aliphatic heterocycles. The summed E-state index contributed by atoms with van der Waals surface area (Å²) >= 11 is 4.63. The van der Waals surface area contributed by atoms with E-state index in [4.69, 9.17) is 13.9 Å². The smallest absolute Gasteiger partial charge is 0.315 e. The van der Waals surface area contributed by atoms with E-state index >= 15 is 0 Å². The van der Waals surface area contributed by atoms with Crippen molar-refractivity contribution in [2.75, 3.05) is 13.2 Å². The van der Waals surface area contributed by atoms with Crippen LogP contribution >= 0.6 is 27.3 Å². The van der Waals surface area contributed by atoms with Crippen LogP contribution in [0.5, 0.6) is 11.5 Å². The van der Waals surface area contributed by atoms with Crippen LogP contribution in [0.3, 0.4) is 0 Å². The van der Waals surface area contributed by atoms with E-state index in [2.05, 4.69) is 20.9 Å². The summed E-state index contributed by atoms with van der Waals surface area (Å²) in [6.45, 7) is 3.78. The fraction of sp³-hybridized carbons (Fsp3) is 0.250. The zero-order valence-electron chi connectivity index (χ0n) is 12.7. The quantitative estimate of drug-likeness (QED) is 0.649. The van der Waals surface area contributed by atoms with Crippen LogP contribution in [0.15, 0.2) is 38.3 Å². The second-order valence-corrected chi connectivity index (χ2v) is 6.90. The predicted octanol–water partition coefficient (Wildman–Crippen LogP) is 3.59. The number of hydrogen-bond acceptors (Lipinski definition) is 5. The Hall–Kier alpha value is -2.06. The molecule has 0 saturated carbocycles. The van der Waals surface area contributed by atoms with Crippen molar-refractivity contribution >= 4 is 43.4 Å². The van der Waals surface area contributed by atoms with Gasteiger partial charge in [0.1, 0.15) is 13.2 Å². The molecule has 0 bridgehead atoms. The van der Waals surface area contributed by atoms with Gasteiger partial charge in [-0.2, -0.15) is 4.99 Å². The molecule has 1 aromatic carbocycles. The van der Waals surface area contributed by atoms with Gasteiger partial charge >= 0.3 is 5.91 Å². The van der Waals surface area contributed by atoms with Gasteiger partial charge in [0, 0.05) is 18.7 Å². The largest absolute Gasteiger partial charge is 0.486 e. The first-order chi connectivity index (χ1) is 11.7. The minimum atomic E-state index is -0.410. The number of carbonyl (C=O) groups is 1. The highest BCUT2D eigenvalue weighted by Crippen LogP contribution is 2.35. The van der Waals surface area contributed by atoms with E-state index in [0.29, 0.717) is 29.2 Å². The number of halogens is 1. The minimum Gasteiger partial charge on any atom is -0.486 e. The van der Waals surface area contributed by atoms with Crippen molar-refractivity contribution in [1.29, 1.82) is 0 Å². The second kappa shape index (κ2) is 6.10. The number of furan rings is 1. The lowest BCUT2D eigenvalue weighted by Gasteiger charge is -2.18. The molecule has 0 radical (unpaired) electrons. The maximum atomic E-state index is 12.3. The van der Waals surface area contributed by atoms with Crippen molar-refractivity contribution in [3.8, 4) is 11.5 Å². The molecule has 0 aliphatic carbocycles. The molecule has 124 valence electrons. The van der Waals surface area contributed by atoms with Gasteiger partial charge in [0.05, 0.1) is 10.2 Å². The number of amides is 1. The third-order valence-electron chi connectivity index (χ3n) is 3.64. The van der Waals surface area contributed by atoms with Crippen molar-refractivity contribution in [1.82, 2.24) is 4.57 Å². The Labute approximate surface area is 149 Å². The molecule has 24 heavy (non-hydrogen) atoms. The van der Waals surface area contributed by atoms with Crippen molar-refractivity contribution in [3.05, 3.63) is 39.5 Å². The summed E-state index contributed by atoms with van der Waals surface area (Å²) in [5.74, 6) is 1.24. The topological polar surface area (TPSA) is 66.0 Å². The number of hydrogen-bond donors (Lipinski definition) is 0. The molecular formula is C16H13BrN2O4S. The highest BCUT2D eigenvalue weighted by atomic mass is 79.9. The molecule has 2 aromatic heterocycles. The molecule has 1 aliphatic rings. The molecule has 1 amide bonds. The predicted molar refractivity (Wildman–Crippen MR) is 92.8 cm³/mol. The number of aryl methyl sites for hydroxylation is 1. The van der Waals surface area contributed by atoms with E-state index in [9.17, 15) is 4.79 Å². The molecule has 4 rings (SSSR count). The monoisotopic (exact) mass is 408 g/mol. The van der Waals surface area contributed by atoms with Gasteiger partial charge in [-0.3, -0.25) is 4.79 Å². The Kier molecular flexibility index (Phi) is 3.93. The molecule has 3 heterocycles. The van der Waals surface area contributed by atoms with E-state index < -0.39 is 5.91 Å². The van der Waals surface area contributed by atoms with E-state index in [1.807, 2.05) is 23.6 Å². The first kappa shape index (κ1) is 15.5. The third-order valence-corrected chi connectivity index (χ3v) is 5.11. The molecule has 6 nitrogen and oxygen atoms in total. The minimum absolute atomic E-state index is 0.202. The number of rotatable bonds is 2. The van der Waals surface area contributed by atoms with Gasteiger partial charge in [-0.15, -0.1) is 0 Å². The molecule has 0 saturated heterocycles. The number of thiazole rings is 1. The Morgan fingerprint density at radius 3 is 2.71 bits per heavy atom. The molecular weight excluding hydrogens is 396 g/mol. The number of nitrogens with zero attached hydrogens (tertiary/aromatic N) is 2. The average molecular weight is 409 g/mol. The van der Waals surface area contributed by atoms with Gasteiger partial charge in [-0.05, 0) is 35.0 Å². The van der Waals surface area contributed by atoms with Crippen molar-refractivity contribution < 1.29 is 18.7 Å². The zero-order chi connectivity index (χ0) is 16.7. The van der Waals surface area contributed by atoms with E-state index in [1.165, 1.54) is 11.3 Å². The van der Waals surface area contributed by atoms with Gasteiger partial charge in [0.15, 0.2) is 26.7 Å². The maximum Gasteiger partial charge on any atom is 0.315 e. The van der Waals surface area contributed by atoms with Crippen molar-refractivity contribution in [2.24, 2.45) is 4.99 Å². The summed E-state index contributed by atoms with van der Waals surface area (Å²) < 4.78 is 20.0. The number of benzene rings is 1. The molecule has 0 fully saturated rings. The molecule has 3 aromatic rings. The Morgan fingerprint density at radius 1 is 1.29 bits per heavy atom. The number of ether oxygens (including phenoxy) is 2.